The van der Waals surface area contributed by atoms with Crippen LogP contribution in [0.1, 0.15) is 18.0 Å². The minimum atomic E-state index is -0.408. The monoisotopic (exact) mass is 234 g/mol. The predicted octanol–water partition coefficient (Wildman–Crippen LogP) is 2.65. The Kier molecular flexibility index (Phi) is 5.37. The minimum absolute atomic E-state index is 0. The molecule has 0 spiro atoms. The average Bonchev–Trinajstić information content (AvgIpc) is 2.52. The van der Waals surface area contributed by atoms with E-state index in [4.69, 9.17) is 5.73 Å². The summed E-state index contributed by atoms with van der Waals surface area (Å²) in [5.74, 6) is 0. The molecule has 0 radical (unpaired) electrons. The molecule has 0 aliphatic rings. The molecule has 0 saturated heterocycles. The fourth-order valence-corrected chi connectivity index (χ4v) is 1.73. The summed E-state index contributed by atoms with van der Waals surface area (Å²) >= 11 is 1.10. The van der Waals surface area contributed by atoms with Crippen molar-refractivity contribution in [3.63, 3.8) is 0 Å². The maximum atomic E-state index is 10.3. The molecule has 0 fully saturated rings. The summed E-state index contributed by atoms with van der Waals surface area (Å²) in [4.78, 5) is 9.94. The van der Waals surface area contributed by atoms with Crippen LogP contribution in [0.15, 0.2) is 24.1 Å². The molecule has 0 saturated carbocycles. The zero-order chi connectivity index (χ0) is 9.84. The highest BCUT2D eigenvalue weighted by Gasteiger charge is 2.13. The van der Waals surface area contributed by atoms with Crippen LogP contribution in [0.3, 0.4) is 0 Å². The quantitative estimate of drug-likeness (QED) is 0.495. The third kappa shape index (κ3) is 3.10. The molecule has 1 aromatic heterocycles. The van der Waals surface area contributed by atoms with Gasteiger partial charge in [0.15, 0.2) is 0 Å². The average molecular weight is 235 g/mol. The molecular weight excluding hydrogens is 224 g/mol. The van der Waals surface area contributed by atoms with Crippen LogP contribution < -0.4 is 5.73 Å². The summed E-state index contributed by atoms with van der Waals surface area (Å²) < 4.78 is 0. The van der Waals surface area contributed by atoms with Crippen LogP contribution in [0.5, 0.6) is 0 Å². The second-order valence-electron chi connectivity index (χ2n) is 2.61. The van der Waals surface area contributed by atoms with Crippen LogP contribution in [0.4, 0.5) is 5.00 Å². The summed E-state index contributed by atoms with van der Waals surface area (Å²) in [6, 6.07) is 1.33. The molecule has 1 rings (SSSR count). The van der Waals surface area contributed by atoms with E-state index in [-0.39, 0.29) is 23.4 Å². The Labute approximate surface area is 92.0 Å². The van der Waals surface area contributed by atoms with Gasteiger partial charge in [0, 0.05) is 17.5 Å². The van der Waals surface area contributed by atoms with E-state index in [1.165, 1.54) is 6.07 Å². The third-order valence-corrected chi connectivity index (χ3v) is 2.53. The number of hydrogen-bond donors (Lipinski definition) is 1. The van der Waals surface area contributed by atoms with Gasteiger partial charge in [0.1, 0.15) is 0 Å². The first-order valence-electron chi connectivity index (χ1n) is 3.74. The molecule has 1 heterocycles. The van der Waals surface area contributed by atoms with Crippen LogP contribution in [0, 0.1) is 10.1 Å². The summed E-state index contributed by atoms with van der Waals surface area (Å²) in [5.41, 5.74) is 6.53. The van der Waals surface area contributed by atoms with E-state index < -0.39 is 4.92 Å². The zero-order valence-electron chi connectivity index (χ0n) is 7.38. The fourth-order valence-electron chi connectivity index (χ4n) is 0.945. The summed E-state index contributed by atoms with van der Waals surface area (Å²) in [6.45, 7) is 3.56. The van der Waals surface area contributed by atoms with Gasteiger partial charge in [-0.2, -0.15) is 0 Å². The number of hydrogen-bond acceptors (Lipinski definition) is 4. The summed E-state index contributed by atoms with van der Waals surface area (Å²) in [7, 11) is 0. The lowest BCUT2D eigenvalue weighted by molar-refractivity contribution is -0.380. The van der Waals surface area contributed by atoms with Crippen LogP contribution in [-0.2, 0) is 0 Å². The van der Waals surface area contributed by atoms with Crippen molar-refractivity contribution >= 4 is 28.7 Å². The van der Waals surface area contributed by atoms with Gasteiger partial charge in [-0.25, -0.2) is 0 Å². The molecular formula is C8H11ClN2O2S. The lowest BCUT2D eigenvalue weighted by Crippen LogP contribution is -2.07. The van der Waals surface area contributed by atoms with Crippen molar-refractivity contribution in [2.75, 3.05) is 0 Å². The number of nitro groups is 1. The maximum Gasteiger partial charge on any atom is 0.324 e. The van der Waals surface area contributed by atoms with E-state index in [0.29, 0.717) is 6.42 Å². The number of rotatable bonds is 4. The zero-order valence-corrected chi connectivity index (χ0v) is 9.01. The van der Waals surface area contributed by atoms with Crippen molar-refractivity contribution < 1.29 is 4.92 Å². The molecule has 0 unspecified atom stereocenters. The molecule has 0 bridgehead atoms. The first kappa shape index (κ1) is 13.1. The van der Waals surface area contributed by atoms with E-state index in [9.17, 15) is 10.1 Å². The van der Waals surface area contributed by atoms with E-state index in [1.807, 2.05) is 0 Å². The molecule has 0 aromatic carbocycles. The molecule has 0 amide bonds. The van der Waals surface area contributed by atoms with E-state index in [1.54, 1.807) is 11.5 Å². The van der Waals surface area contributed by atoms with E-state index in [2.05, 4.69) is 6.58 Å². The molecule has 6 heteroatoms. The standard InChI is InChI=1S/C8H10N2O2S.ClH/c1-2-3-7(9)6-4-8(10(11)12)13-5-6;/h2,4-5,7H,1,3,9H2;1H/t7-;/m0./s1. The van der Waals surface area contributed by atoms with Gasteiger partial charge in [-0.05, 0) is 12.0 Å². The van der Waals surface area contributed by atoms with Gasteiger partial charge in [-0.3, -0.25) is 10.1 Å². The number of thiophene rings is 1. The van der Waals surface area contributed by atoms with Crippen molar-refractivity contribution in [3.8, 4) is 0 Å². The molecule has 4 nitrogen and oxygen atoms in total. The third-order valence-electron chi connectivity index (χ3n) is 1.63. The number of halogens is 1. The molecule has 1 atom stereocenters. The molecule has 0 aliphatic carbocycles. The van der Waals surface area contributed by atoms with Gasteiger partial charge in [-0.1, -0.05) is 17.4 Å². The van der Waals surface area contributed by atoms with E-state index in [0.717, 1.165) is 16.9 Å². The lowest BCUT2D eigenvalue weighted by atomic mass is 10.1. The van der Waals surface area contributed by atoms with Crippen molar-refractivity contribution in [1.29, 1.82) is 0 Å². The first-order valence-corrected chi connectivity index (χ1v) is 4.62. The van der Waals surface area contributed by atoms with Gasteiger partial charge in [-0.15, -0.1) is 19.0 Å². The molecule has 2 N–H and O–H groups in total. The Balaban J connectivity index is 0.00000169. The van der Waals surface area contributed by atoms with Crippen LogP contribution in [0.25, 0.3) is 0 Å². The van der Waals surface area contributed by atoms with Crippen molar-refractivity contribution in [3.05, 3.63) is 39.8 Å². The SMILES string of the molecule is C=CC[C@H](N)c1csc([N+](=O)[O-])c1.Cl. The molecule has 78 valence electrons. The normalized spacial score (nSPS) is 11.5. The smallest absolute Gasteiger partial charge is 0.324 e. The van der Waals surface area contributed by atoms with Gasteiger partial charge in [0.25, 0.3) is 0 Å². The van der Waals surface area contributed by atoms with Crippen LogP contribution in [0.2, 0.25) is 0 Å². The van der Waals surface area contributed by atoms with Gasteiger partial charge >= 0.3 is 5.00 Å². The van der Waals surface area contributed by atoms with E-state index >= 15 is 0 Å². The van der Waals surface area contributed by atoms with Crippen molar-refractivity contribution in [1.82, 2.24) is 0 Å². The Morgan fingerprint density at radius 2 is 2.43 bits per heavy atom. The second-order valence-corrected chi connectivity index (χ2v) is 3.50. The lowest BCUT2D eigenvalue weighted by Gasteiger charge is -2.03. The topological polar surface area (TPSA) is 69.2 Å². The van der Waals surface area contributed by atoms with Crippen LogP contribution >= 0.6 is 23.7 Å². The number of nitrogens with zero attached hydrogens (tertiary/aromatic N) is 1. The summed E-state index contributed by atoms with van der Waals surface area (Å²) in [6.07, 6.45) is 2.34. The highest BCUT2D eigenvalue weighted by molar-refractivity contribution is 7.13. The first-order chi connectivity index (χ1) is 6.15. The minimum Gasteiger partial charge on any atom is -0.324 e. The van der Waals surface area contributed by atoms with Crippen molar-refractivity contribution in [2.45, 2.75) is 12.5 Å². The van der Waals surface area contributed by atoms with Crippen molar-refractivity contribution in [2.24, 2.45) is 5.73 Å². The largest absolute Gasteiger partial charge is 0.324 e. The Morgan fingerprint density at radius 3 is 2.86 bits per heavy atom. The Morgan fingerprint density at radius 1 is 1.79 bits per heavy atom. The van der Waals surface area contributed by atoms with Crippen LogP contribution in [-0.4, -0.2) is 4.92 Å². The second kappa shape index (κ2) is 5.74. The van der Waals surface area contributed by atoms with Gasteiger partial charge in [0.05, 0.1) is 4.92 Å². The fraction of sp³-hybridized carbons (Fsp3) is 0.250. The van der Waals surface area contributed by atoms with Gasteiger partial charge in [0.2, 0.25) is 0 Å². The highest BCUT2D eigenvalue weighted by Crippen LogP contribution is 2.27. The Bertz CT molecular complexity index is 327. The molecule has 1 aromatic rings. The maximum absolute atomic E-state index is 10.3. The Hall–Kier alpha value is -0.910. The summed E-state index contributed by atoms with van der Waals surface area (Å²) in [5, 5.41) is 12.2. The van der Waals surface area contributed by atoms with Gasteiger partial charge < -0.3 is 5.73 Å². The highest BCUT2D eigenvalue weighted by atomic mass is 35.5. The number of nitrogens with two attached hydrogens (primary N) is 1. The molecule has 14 heavy (non-hydrogen) atoms. The molecule has 0 aliphatic heterocycles. The predicted molar refractivity (Wildman–Crippen MR) is 60.0 cm³/mol.